The average Bonchev–Trinajstić information content (AvgIpc) is 2.47. The van der Waals surface area contributed by atoms with Crippen LogP contribution in [0.1, 0.15) is 66.2 Å². The molecule has 0 spiro atoms. The van der Waals surface area contributed by atoms with Crippen molar-refractivity contribution in [3.8, 4) is 0 Å². The van der Waals surface area contributed by atoms with Crippen molar-refractivity contribution in [3.05, 3.63) is 0 Å². The molecule has 0 bridgehead atoms. The van der Waals surface area contributed by atoms with Crippen molar-refractivity contribution < 1.29 is 5.11 Å². The predicted molar refractivity (Wildman–Crippen MR) is 86.8 cm³/mol. The normalized spacial score (nSPS) is 15.0. The Hall–Kier alpha value is -0.120. The quantitative estimate of drug-likeness (QED) is 0.699. The fourth-order valence-corrected chi connectivity index (χ4v) is 2.05. The number of nitrogens with zero attached hydrogens (tertiary/aromatic N) is 1. The maximum atomic E-state index is 7.57. The van der Waals surface area contributed by atoms with E-state index >= 15 is 0 Å². The molecule has 0 aliphatic carbocycles. The van der Waals surface area contributed by atoms with Crippen molar-refractivity contribution >= 4 is 0 Å². The Balaban J connectivity index is 0. The van der Waals surface area contributed by atoms with E-state index in [9.17, 15) is 0 Å². The Morgan fingerprint density at radius 1 is 0.895 bits per heavy atom. The summed E-state index contributed by atoms with van der Waals surface area (Å²) in [7, 11) is 0. The van der Waals surface area contributed by atoms with Crippen LogP contribution in [0.5, 0.6) is 0 Å². The molecule has 0 aromatic carbocycles. The third-order valence-corrected chi connectivity index (χ3v) is 3.04. The highest BCUT2D eigenvalue weighted by atomic mass is 16.2. The first-order valence-corrected chi connectivity index (χ1v) is 8.39. The second kappa shape index (κ2) is 20.2. The molecule has 2 N–H and O–H groups in total. The summed E-state index contributed by atoms with van der Waals surface area (Å²) in [6.45, 7) is 14.4. The second-order valence-electron chi connectivity index (χ2n) is 4.68. The van der Waals surface area contributed by atoms with Crippen molar-refractivity contribution in [3.63, 3.8) is 0 Å². The maximum Gasteiger partial charge on any atom is 0.0402 e. The molecule has 1 rings (SSSR count). The standard InChI is InChI=1S/C12H26N2.C2H6O.C2H6/c1-2-3-4-5-6-7-10-14-11-8-13-9-12-14;1-2-3;1-2/h13H,2-12H2,1H3;3H,2H2,1H3;1-2H3. The molecule has 0 amide bonds. The molecule has 1 aliphatic rings. The maximum absolute atomic E-state index is 7.57. The molecule has 1 saturated heterocycles. The molecule has 0 aromatic rings. The smallest absolute Gasteiger partial charge is 0.0402 e. The van der Waals surface area contributed by atoms with Crippen molar-refractivity contribution in [2.45, 2.75) is 66.2 Å². The van der Waals surface area contributed by atoms with Gasteiger partial charge in [-0.3, -0.25) is 0 Å². The summed E-state index contributed by atoms with van der Waals surface area (Å²) in [6.07, 6.45) is 8.51. The van der Waals surface area contributed by atoms with Crippen LogP contribution < -0.4 is 5.32 Å². The number of piperazine rings is 1. The number of nitrogens with one attached hydrogen (secondary N) is 1. The summed E-state index contributed by atoms with van der Waals surface area (Å²) < 4.78 is 0. The molecule has 3 nitrogen and oxygen atoms in total. The first kappa shape index (κ1) is 21.2. The SMILES string of the molecule is CC.CCCCCCCCN1CCNCC1.CCO. The van der Waals surface area contributed by atoms with E-state index in [0.717, 1.165) is 0 Å². The molecule has 3 heteroatoms. The van der Waals surface area contributed by atoms with Gasteiger partial charge < -0.3 is 15.3 Å². The van der Waals surface area contributed by atoms with Gasteiger partial charge in [-0.2, -0.15) is 0 Å². The molecule has 0 aromatic heterocycles. The Morgan fingerprint density at radius 3 is 1.89 bits per heavy atom. The molecule has 1 aliphatic heterocycles. The lowest BCUT2D eigenvalue weighted by Crippen LogP contribution is -2.43. The Labute approximate surface area is 121 Å². The van der Waals surface area contributed by atoms with E-state index in [1.807, 2.05) is 13.8 Å². The number of hydrogen-bond donors (Lipinski definition) is 2. The zero-order valence-corrected chi connectivity index (χ0v) is 13.9. The molecule has 0 radical (unpaired) electrons. The highest BCUT2D eigenvalue weighted by Crippen LogP contribution is 2.06. The van der Waals surface area contributed by atoms with Crippen molar-refractivity contribution in [2.75, 3.05) is 39.3 Å². The van der Waals surface area contributed by atoms with Gasteiger partial charge in [0, 0.05) is 32.8 Å². The largest absolute Gasteiger partial charge is 0.397 e. The number of rotatable bonds is 7. The van der Waals surface area contributed by atoms with Crippen LogP contribution in [0.15, 0.2) is 0 Å². The fraction of sp³-hybridized carbons (Fsp3) is 1.00. The van der Waals surface area contributed by atoms with E-state index in [0.29, 0.717) is 0 Å². The van der Waals surface area contributed by atoms with Crippen LogP contribution >= 0.6 is 0 Å². The van der Waals surface area contributed by atoms with E-state index in [2.05, 4.69) is 17.1 Å². The molecule has 0 unspecified atom stereocenters. The minimum absolute atomic E-state index is 0.250. The topological polar surface area (TPSA) is 35.5 Å². The fourth-order valence-electron chi connectivity index (χ4n) is 2.05. The third kappa shape index (κ3) is 17.9. The van der Waals surface area contributed by atoms with Gasteiger partial charge in [0.1, 0.15) is 0 Å². The first-order chi connectivity index (χ1) is 9.35. The van der Waals surface area contributed by atoms with E-state index < -0.39 is 0 Å². The summed E-state index contributed by atoms with van der Waals surface area (Å²) in [4.78, 5) is 2.59. The van der Waals surface area contributed by atoms with Gasteiger partial charge in [0.15, 0.2) is 0 Å². The molecular weight excluding hydrogens is 236 g/mol. The lowest BCUT2D eigenvalue weighted by Gasteiger charge is -2.26. The first-order valence-electron chi connectivity index (χ1n) is 8.39. The van der Waals surface area contributed by atoms with Crippen LogP contribution in [0.4, 0.5) is 0 Å². The van der Waals surface area contributed by atoms with Crippen LogP contribution in [0.2, 0.25) is 0 Å². The Kier molecular flexibility index (Phi) is 22.5. The average molecular weight is 274 g/mol. The monoisotopic (exact) mass is 274 g/mol. The predicted octanol–water partition coefficient (Wildman–Crippen LogP) is 3.28. The van der Waals surface area contributed by atoms with Crippen molar-refractivity contribution in [2.24, 2.45) is 0 Å². The minimum atomic E-state index is 0.250. The number of hydrogen-bond acceptors (Lipinski definition) is 3. The summed E-state index contributed by atoms with van der Waals surface area (Å²) in [5.41, 5.74) is 0. The van der Waals surface area contributed by atoms with Gasteiger partial charge in [0.25, 0.3) is 0 Å². The lowest BCUT2D eigenvalue weighted by molar-refractivity contribution is 0.236. The van der Waals surface area contributed by atoms with Crippen LogP contribution in [0, 0.1) is 0 Å². The van der Waals surface area contributed by atoms with Gasteiger partial charge in [-0.05, 0) is 19.9 Å². The number of aliphatic hydroxyl groups is 1. The molecular formula is C16H38N2O. The minimum Gasteiger partial charge on any atom is -0.397 e. The Morgan fingerprint density at radius 2 is 1.37 bits per heavy atom. The third-order valence-electron chi connectivity index (χ3n) is 3.04. The zero-order chi connectivity index (χ0) is 14.8. The molecule has 1 fully saturated rings. The highest BCUT2D eigenvalue weighted by molar-refractivity contribution is 4.67. The van der Waals surface area contributed by atoms with E-state index in [4.69, 9.17) is 5.11 Å². The molecule has 1 heterocycles. The van der Waals surface area contributed by atoms with Gasteiger partial charge >= 0.3 is 0 Å². The molecule has 0 atom stereocenters. The molecule has 19 heavy (non-hydrogen) atoms. The van der Waals surface area contributed by atoms with E-state index in [-0.39, 0.29) is 6.61 Å². The summed E-state index contributed by atoms with van der Waals surface area (Å²) in [5, 5.41) is 11.0. The highest BCUT2D eigenvalue weighted by Gasteiger charge is 2.07. The van der Waals surface area contributed by atoms with Crippen LogP contribution in [-0.4, -0.2) is 49.3 Å². The van der Waals surface area contributed by atoms with E-state index in [1.54, 1.807) is 6.92 Å². The molecule has 118 valence electrons. The van der Waals surface area contributed by atoms with Gasteiger partial charge in [0.2, 0.25) is 0 Å². The van der Waals surface area contributed by atoms with Crippen molar-refractivity contribution in [1.29, 1.82) is 0 Å². The second-order valence-corrected chi connectivity index (χ2v) is 4.68. The van der Waals surface area contributed by atoms with Crippen molar-refractivity contribution in [1.82, 2.24) is 10.2 Å². The van der Waals surface area contributed by atoms with Gasteiger partial charge in [-0.1, -0.05) is 52.9 Å². The van der Waals surface area contributed by atoms with Crippen LogP contribution in [-0.2, 0) is 0 Å². The van der Waals surface area contributed by atoms with Crippen LogP contribution in [0.25, 0.3) is 0 Å². The number of aliphatic hydroxyl groups excluding tert-OH is 1. The number of unbranched alkanes of at least 4 members (excludes halogenated alkanes) is 5. The summed E-state index contributed by atoms with van der Waals surface area (Å²) in [6, 6.07) is 0. The zero-order valence-electron chi connectivity index (χ0n) is 13.9. The summed E-state index contributed by atoms with van der Waals surface area (Å²) in [5.74, 6) is 0. The van der Waals surface area contributed by atoms with Gasteiger partial charge in [-0.25, -0.2) is 0 Å². The lowest BCUT2D eigenvalue weighted by atomic mass is 10.1. The van der Waals surface area contributed by atoms with E-state index in [1.165, 1.54) is 71.2 Å². The summed E-state index contributed by atoms with van der Waals surface area (Å²) >= 11 is 0. The van der Waals surface area contributed by atoms with Crippen LogP contribution in [0.3, 0.4) is 0 Å². The molecule has 0 saturated carbocycles. The van der Waals surface area contributed by atoms with Gasteiger partial charge in [0.05, 0.1) is 0 Å². The van der Waals surface area contributed by atoms with Gasteiger partial charge in [-0.15, -0.1) is 0 Å². The Bertz CT molecular complexity index is 137.